The molecule has 0 aliphatic heterocycles. The number of hydrogen-bond donors (Lipinski definition) is 2. The van der Waals surface area contributed by atoms with E-state index in [4.69, 9.17) is 4.52 Å². The Kier molecular flexibility index (Phi) is 5.70. The SMILES string of the molecule is CNC(=O)c1ccc(CN(C)[C@H](C)C(=O)Nc2cc(C)no2)cc1. The van der Waals surface area contributed by atoms with Gasteiger partial charge in [0, 0.05) is 25.2 Å². The van der Waals surface area contributed by atoms with Gasteiger partial charge in [0.25, 0.3) is 5.91 Å². The summed E-state index contributed by atoms with van der Waals surface area (Å²) in [4.78, 5) is 25.7. The summed E-state index contributed by atoms with van der Waals surface area (Å²) in [5.74, 6) is 0.0494. The number of hydrogen-bond acceptors (Lipinski definition) is 5. The van der Waals surface area contributed by atoms with Crippen molar-refractivity contribution in [2.24, 2.45) is 0 Å². The summed E-state index contributed by atoms with van der Waals surface area (Å²) in [6, 6.07) is 8.61. The fourth-order valence-electron chi connectivity index (χ4n) is 2.18. The third-order valence-corrected chi connectivity index (χ3v) is 3.79. The predicted molar refractivity (Wildman–Crippen MR) is 90.6 cm³/mol. The van der Waals surface area contributed by atoms with E-state index in [0.29, 0.717) is 23.7 Å². The molecular formula is C17H22N4O3. The number of aryl methyl sites for hydroxylation is 1. The van der Waals surface area contributed by atoms with Crippen LogP contribution in [0.25, 0.3) is 0 Å². The maximum absolute atomic E-state index is 12.2. The fraction of sp³-hybridized carbons (Fsp3) is 0.353. The van der Waals surface area contributed by atoms with Crippen LogP contribution in [0.4, 0.5) is 5.88 Å². The lowest BCUT2D eigenvalue weighted by Gasteiger charge is -2.23. The lowest BCUT2D eigenvalue weighted by atomic mass is 10.1. The molecule has 0 saturated carbocycles. The molecule has 7 nitrogen and oxygen atoms in total. The van der Waals surface area contributed by atoms with Crippen molar-refractivity contribution in [1.82, 2.24) is 15.4 Å². The van der Waals surface area contributed by atoms with Crippen molar-refractivity contribution >= 4 is 17.7 Å². The van der Waals surface area contributed by atoms with E-state index in [1.165, 1.54) is 0 Å². The van der Waals surface area contributed by atoms with E-state index >= 15 is 0 Å². The molecule has 2 aromatic rings. The van der Waals surface area contributed by atoms with Crippen LogP contribution < -0.4 is 10.6 Å². The number of benzene rings is 1. The van der Waals surface area contributed by atoms with Crippen LogP contribution in [0.1, 0.15) is 28.5 Å². The van der Waals surface area contributed by atoms with Gasteiger partial charge in [-0.2, -0.15) is 0 Å². The molecule has 0 spiro atoms. The Morgan fingerprint density at radius 2 is 1.96 bits per heavy atom. The van der Waals surface area contributed by atoms with Gasteiger partial charge < -0.3 is 9.84 Å². The molecule has 0 bridgehead atoms. The number of rotatable bonds is 6. The standard InChI is InChI=1S/C17H22N4O3/c1-11-9-15(24-20-11)19-16(22)12(2)21(4)10-13-5-7-14(8-6-13)17(23)18-3/h5-9,12H,10H2,1-4H3,(H,18,23)(H,19,22)/t12-/m1/s1. The van der Waals surface area contributed by atoms with Crippen LogP contribution in [0, 0.1) is 6.92 Å². The molecule has 0 unspecified atom stereocenters. The van der Waals surface area contributed by atoms with E-state index < -0.39 is 0 Å². The Balaban J connectivity index is 1.94. The summed E-state index contributed by atoms with van der Waals surface area (Å²) in [7, 11) is 3.46. The molecule has 7 heteroatoms. The zero-order valence-electron chi connectivity index (χ0n) is 14.3. The molecule has 1 atom stereocenters. The largest absolute Gasteiger partial charge is 0.355 e. The molecule has 1 heterocycles. The van der Waals surface area contributed by atoms with Crippen molar-refractivity contribution < 1.29 is 14.1 Å². The van der Waals surface area contributed by atoms with Gasteiger partial charge in [0.2, 0.25) is 11.8 Å². The number of nitrogens with zero attached hydrogens (tertiary/aromatic N) is 2. The number of carbonyl (C=O) groups is 2. The predicted octanol–water partition coefficient (Wildman–Crippen LogP) is 1.80. The first kappa shape index (κ1) is 17.7. The summed E-state index contributed by atoms with van der Waals surface area (Å²) in [6.45, 7) is 4.19. The first-order valence-corrected chi connectivity index (χ1v) is 7.66. The second-order valence-corrected chi connectivity index (χ2v) is 5.69. The Hall–Kier alpha value is -2.67. The van der Waals surface area contributed by atoms with Gasteiger partial charge in [0.15, 0.2) is 0 Å². The highest BCUT2D eigenvalue weighted by Crippen LogP contribution is 2.12. The van der Waals surface area contributed by atoms with Crippen LogP contribution in [-0.4, -0.2) is 42.0 Å². The Labute approximate surface area is 141 Å². The Morgan fingerprint density at radius 1 is 1.29 bits per heavy atom. The average molecular weight is 330 g/mol. The molecule has 2 amide bonds. The van der Waals surface area contributed by atoms with Crippen LogP contribution in [0.3, 0.4) is 0 Å². The van der Waals surface area contributed by atoms with Crippen molar-refractivity contribution in [2.45, 2.75) is 26.4 Å². The van der Waals surface area contributed by atoms with Gasteiger partial charge in [0.05, 0.1) is 11.7 Å². The highest BCUT2D eigenvalue weighted by Gasteiger charge is 2.19. The number of carbonyl (C=O) groups excluding carboxylic acids is 2. The smallest absolute Gasteiger partial charge is 0.251 e. The van der Waals surface area contributed by atoms with Gasteiger partial charge in [-0.1, -0.05) is 17.3 Å². The monoisotopic (exact) mass is 330 g/mol. The maximum atomic E-state index is 12.2. The molecule has 0 aliphatic carbocycles. The molecule has 2 N–H and O–H groups in total. The van der Waals surface area contributed by atoms with Gasteiger partial charge in [-0.15, -0.1) is 0 Å². The molecule has 2 rings (SSSR count). The average Bonchev–Trinajstić information content (AvgIpc) is 2.98. The summed E-state index contributed by atoms with van der Waals surface area (Å²) >= 11 is 0. The highest BCUT2D eigenvalue weighted by molar-refractivity contribution is 5.94. The van der Waals surface area contributed by atoms with Gasteiger partial charge >= 0.3 is 0 Å². The van der Waals surface area contributed by atoms with Crippen molar-refractivity contribution in [2.75, 3.05) is 19.4 Å². The number of amides is 2. The quantitative estimate of drug-likeness (QED) is 0.843. The lowest BCUT2D eigenvalue weighted by Crippen LogP contribution is -2.39. The number of anilines is 1. The van der Waals surface area contributed by atoms with Crippen molar-refractivity contribution in [3.8, 4) is 0 Å². The first-order valence-electron chi connectivity index (χ1n) is 7.66. The molecule has 0 fully saturated rings. The Morgan fingerprint density at radius 3 is 2.50 bits per heavy atom. The zero-order valence-corrected chi connectivity index (χ0v) is 14.3. The summed E-state index contributed by atoms with van der Waals surface area (Å²) in [5, 5.41) is 9.02. The number of aromatic nitrogens is 1. The third kappa shape index (κ3) is 4.42. The third-order valence-electron chi connectivity index (χ3n) is 3.79. The van der Waals surface area contributed by atoms with Gasteiger partial charge in [0.1, 0.15) is 0 Å². The summed E-state index contributed by atoms with van der Waals surface area (Å²) in [5.41, 5.74) is 2.33. The second-order valence-electron chi connectivity index (χ2n) is 5.69. The van der Waals surface area contributed by atoms with E-state index in [1.807, 2.05) is 31.0 Å². The lowest BCUT2D eigenvalue weighted by molar-refractivity contribution is -0.120. The topological polar surface area (TPSA) is 87.5 Å². The minimum absolute atomic E-state index is 0.120. The van der Waals surface area contributed by atoms with E-state index in [9.17, 15) is 9.59 Å². The van der Waals surface area contributed by atoms with E-state index in [1.54, 1.807) is 32.2 Å². The fourth-order valence-corrected chi connectivity index (χ4v) is 2.18. The molecule has 1 aromatic carbocycles. The normalized spacial score (nSPS) is 12.0. The molecule has 0 radical (unpaired) electrons. The van der Waals surface area contributed by atoms with Crippen LogP contribution in [0.15, 0.2) is 34.9 Å². The van der Waals surface area contributed by atoms with E-state index in [2.05, 4.69) is 15.8 Å². The molecule has 0 aliphatic rings. The molecule has 1 aromatic heterocycles. The maximum Gasteiger partial charge on any atom is 0.251 e. The minimum Gasteiger partial charge on any atom is -0.355 e. The van der Waals surface area contributed by atoms with Crippen LogP contribution in [0.5, 0.6) is 0 Å². The first-order chi connectivity index (χ1) is 11.4. The molecule has 24 heavy (non-hydrogen) atoms. The van der Waals surface area contributed by atoms with Gasteiger partial charge in [-0.05, 0) is 38.6 Å². The molecule has 0 saturated heterocycles. The minimum atomic E-state index is -0.353. The number of likely N-dealkylation sites (N-methyl/N-ethyl adjacent to an activating group) is 1. The van der Waals surface area contributed by atoms with Crippen LogP contribution in [-0.2, 0) is 11.3 Å². The van der Waals surface area contributed by atoms with E-state index in [-0.39, 0.29) is 17.9 Å². The number of nitrogens with one attached hydrogen (secondary N) is 2. The van der Waals surface area contributed by atoms with Gasteiger partial charge in [-0.3, -0.25) is 19.8 Å². The summed E-state index contributed by atoms with van der Waals surface area (Å²) in [6.07, 6.45) is 0. The molecule has 128 valence electrons. The molecular weight excluding hydrogens is 308 g/mol. The highest BCUT2D eigenvalue weighted by atomic mass is 16.5. The van der Waals surface area contributed by atoms with Crippen LogP contribution in [0.2, 0.25) is 0 Å². The zero-order chi connectivity index (χ0) is 17.7. The van der Waals surface area contributed by atoms with Crippen LogP contribution >= 0.6 is 0 Å². The second kappa shape index (κ2) is 7.74. The van der Waals surface area contributed by atoms with Gasteiger partial charge in [-0.25, -0.2) is 0 Å². The summed E-state index contributed by atoms with van der Waals surface area (Å²) < 4.78 is 4.99. The van der Waals surface area contributed by atoms with Crippen molar-refractivity contribution in [1.29, 1.82) is 0 Å². The van der Waals surface area contributed by atoms with Crippen molar-refractivity contribution in [3.05, 3.63) is 47.2 Å². The van der Waals surface area contributed by atoms with Crippen molar-refractivity contribution in [3.63, 3.8) is 0 Å². The Bertz CT molecular complexity index is 709. The van der Waals surface area contributed by atoms with E-state index in [0.717, 1.165) is 5.56 Å².